The minimum Gasteiger partial charge on any atom is -0.474 e. The van der Waals surface area contributed by atoms with Crippen LogP contribution in [0.4, 0.5) is 24.8 Å². The monoisotopic (exact) mass is 365 g/mol. The predicted octanol–water partition coefficient (Wildman–Crippen LogP) is 5.28. The second kappa shape index (κ2) is 7.51. The van der Waals surface area contributed by atoms with E-state index in [0.717, 1.165) is 49.6 Å². The minimum absolute atomic E-state index is 0.175. The first-order chi connectivity index (χ1) is 12.3. The molecule has 3 rings (SSSR count). The van der Waals surface area contributed by atoms with Crippen molar-refractivity contribution in [3.63, 3.8) is 0 Å². The van der Waals surface area contributed by atoms with E-state index in [2.05, 4.69) is 9.97 Å². The van der Waals surface area contributed by atoms with Crippen molar-refractivity contribution in [2.45, 2.75) is 51.3 Å². The molecule has 0 radical (unpaired) electrons. The summed E-state index contributed by atoms with van der Waals surface area (Å²) in [6, 6.07) is 7.60. The molecule has 0 N–H and O–H groups in total. The number of hydrogen-bond donors (Lipinski definition) is 0. The molecule has 0 amide bonds. The summed E-state index contributed by atoms with van der Waals surface area (Å²) in [6.45, 7) is 1.95. The molecule has 4 nitrogen and oxygen atoms in total. The second-order valence-corrected chi connectivity index (χ2v) is 6.66. The molecule has 7 heteroatoms. The van der Waals surface area contributed by atoms with Crippen molar-refractivity contribution in [2.24, 2.45) is 0 Å². The third-order valence-electron chi connectivity index (χ3n) is 4.57. The van der Waals surface area contributed by atoms with E-state index < -0.39 is 11.7 Å². The third-order valence-corrected chi connectivity index (χ3v) is 4.57. The highest BCUT2D eigenvalue weighted by Gasteiger charge is 2.37. The van der Waals surface area contributed by atoms with Crippen LogP contribution in [0, 0.1) is 6.92 Å². The van der Waals surface area contributed by atoms with Crippen molar-refractivity contribution in [3.05, 3.63) is 41.6 Å². The summed E-state index contributed by atoms with van der Waals surface area (Å²) >= 11 is 0. The number of rotatable bonds is 4. The molecule has 1 heterocycles. The van der Waals surface area contributed by atoms with Gasteiger partial charge in [-0.05, 0) is 50.3 Å². The largest absolute Gasteiger partial charge is 0.474 e. The van der Waals surface area contributed by atoms with Crippen molar-refractivity contribution in [3.8, 4) is 5.88 Å². The SMILES string of the molecule is Cc1cccc(N(C)c2ncc(C(F)(F)F)c(OC3CCCCC3)n2)c1. The molecular weight excluding hydrogens is 343 g/mol. The Morgan fingerprint density at radius 3 is 2.54 bits per heavy atom. The molecular formula is C19H22F3N3O. The number of hydrogen-bond acceptors (Lipinski definition) is 4. The highest BCUT2D eigenvalue weighted by molar-refractivity contribution is 5.57. The van der Waals surface area contributed by atoms with E-state index >= 15 is 0 Å². The number of benzene rings is 1. The van der Waals surface area contributed by atoms with Crippen LogP contribution in [0.5, 0.6) is 5.88 Å². The van der Waals surface area contributed by atoms with E-state index in [1.165, 1.54) is 0 Å². The lowest BCUT2D eigenvalue weighted by Crippen LogP contribution is -2.23. The van der Waals surface area contributed by atoms with E-state index in [0.29, 0.717) is 0 Å². The van der Waals surface area contributed by atoms with Gasteiger partial charge in [0.1, 0.15) is 11.7 Å². The van der Waals surface area contributed by atoms with Gasteiger partial charge in [0.15, 0.2) is 0 Å². The Labute approximate surface area is 151 Å². The summed E-state index contributed by atoms with van der Waals surface area (Å²) in [7, 11) is 1.72. The molecule has 1 saturated carbocycles. The van der Waals surface area contributed by atoms with Crippen LogP contribution in [0.15, 0.2) is 30.5 Å². The number of nitrogens with zero attached hydrogens (tertiary/aromatic N) is 3. The van der Waals surface area contributed by atoms with Gasteiger partial charge in [0.2, 0.25) is 11.8 Å². The molecule has 1 aliphatic rings. The van der Waals surface area contributed by atoms with E-state index in [1.807, 2.05) is 31.2 Å². The maximum atomic E-state index is 13.3. The topological polar surface area (TPSA) is 38.2 Å². The molecule has 2 aromatic rings. The van der Waals surface area contributed by atoms with E-state index in [-0.39, 0.29) is 17.9 Å². The summed E-state index contributed by atoms with van der Waals surface area (Å²) in [6.07, 6.45) is 0.570. The highest BCUT2D eigenvalue weighted by Crippen LogP contribution is 2.37. The maximum absolute atomic E-state index is 13.3. The number of anilines is 2. The Balaban J connectivity index is 1.93. The van der Waals surface area contributed by atoms with Crippen LogP contribution in [-0.2, 0) is 6.18 Å². The first-order valence-electron chi connectivity index (χ1n) is 8.76. The van der Waals surface area contributed by atoms with Gasteiger partial charge in [-0.2, -0.15) is 18.2 Å². The zero-order valence-corrected chi connectivity index (χ0v) is 14.9. The molecule has 0 aliphatic heterocycles. The fourth-order valence-electron chi connectivity index (χ4n) is 3.10. The maximum Gasteiger partial charge on any atom is 0.423 e. The van der Waals surface area contributed by atoms with Gasteiger partial charge < -0.3 is 9.64 Å². The number of ether oxygens (including phenoxy) is 1. The molecule has 1 fully saturated rings. The van der Waals surface area contributed by atoms with Gasteiger partial charge >= 0.3 is 6.18 Å². The molecule has 140 valence electrons. The second-order valence-electron chi connectivity index (χ2n) is 6.66. The predicted molar refractivity (Wildman–Crippen MR) is 93.8 cm³/mol. The smallest absolute Gasteiger partial charge is 0.423 e. The Hall–Kier alpha value is -2.31. The molecule has 0 spiro atoms. The van der Waals surface area contributed by atoms with Crippen LogP contribution in [0.3, 0.4) is 0 Å². The van der Waals surface area contributed by atoms with Crippen LogP contribution in [-0.4, -0.2) is 23.1 Å². The van der Waals surface area contributed by atoms with Crippen LogP contribution in [0.1, 0.15) is 43.2 Å². The van der Waals surface area contributed by atoms with Crippen LogP contribution in [0.25, 0.3) is 0 Å². The molecule has 26 heavy (non-hydrogen) atoms. The van der Waals surface area contributed by atoms with Crippen molar-refractivity contribution < 1.29 is 17.9 Å². The molecule has 0 atom stereocenters. The van der Waals surface area contributed by atoms with Crippen molar-refractivity contribution in [1.29, 1.82) is 0 Å². The summed E-state index contributed by atoms with van der Waals surface area (Å²) in [5, 5.41) is 0. The Morgan fingerprint density at radius 2 is 1.88 bits per heavy atom. The van der Waals surface area contributed by atoms with Crippen LogP contribution >= 0.6 is 0 Å². The van der Waals surface area contributed by atoms with E-state index in [1.54, 1.807) is 11.9 Å². The Morgan fingerprint density at radius 1 is 1.15 bits per heavy atom. The number of alkyl halides is 3. The third kappa shape index (κ3) is 4.26. The van der Waals surface area contributed by atoms with Gasteiger partial charge in [-0.1, -0.05) is 18.6 Å². The van der Waals surface area contributed by atoms with Gasteiger partial charge in [-0.25, -0.2) is 4.98 Å². The lowest BCUT2D eigenvalue weighted by molar-refractivity contribution is -0.140. The fourth-order valence-corrected chi connectivity index (χ4v) is 3.10. The highest BCUT2D eigenvalue weighted by atomic mass is 19.4. The Kier molecular flexibility index (Phi) is 5.34. The lowest BCUT2D eigenvalue weighted by Gasteiger charge is -2.25. The number of halogens is 3. The minimum atomic E-state index is -4.55. The zero-order valence-electron chi connectivity index (χ0n) is 14.9. The van der Waals surface area contributed by atoms with E-state index in [9.17, 15) is 13.2 Å². The van der Waals surface area contributed by atoms with E-state index in [4.69, 9.17) is 4.74 Å². The molecule has 1 aromatic carbocycles. The van der Waals surface area contributed by atoms with Crippen LogP contribution in [0.2, 0.25) is 0 Å². The first kappa shape index (κ1) is 18.5. The quantitative estimate of drug-likeness (QED) is 0.738. The average molecular weight is 365 g/mol. The number of aryl methyl sites for hydroxylation is 1. The van der Waals surface area contributed by atoms with Crippen molar-refractivity contribution in [1.82, 2.24) is 9.97 Å². The molecule has 1 aromatic heterocycles. The van der Waals surface area contributed by atoms with Gasteiger partial charge in [-0.3, -0.25) is 0 Å². The molecule has 0 bridgehead atoms. The van der Waals surface area contributed by atoms with Gasteiger partial charge in [-0.15, -0.1) is 0 Å². The first-order valence-corrected chi connectivity index (χ1v) is 8.76. The average Bonchev–Trinajstić information content (AvgIpc) is 2.61. The van der Waals surface area contributed by atoms with Gasteiger partial charge in [0.25, 0.3) is 0 Å². The molecule has 0 saturated heterocycles. The normalized spacial score (nSPS) is 15.7. The van der Waals surface area contributed by atoms with Crippen molar-refractivity contribution in [2.75, 3.05) is 11.9 Å². The summed E-state index contributed by atoms with van der Waals surface area (Å²) in [5.74, 6) is -0.205. The summed E-state index contributed by atoms with van der Waals surface area (Å²) in [5.41, 5.74) is 0.915. The summed E-state index contributed by atoms with van der Waals surface area (Å²) < 4.78 is 45.7. The van der Waals surface area contributed by atoms with Crippen molar-refractivity contribution >= 4 is 11.6 Å². The standard InChI is InChI=1S/C19H22F3N3O/c1-13-7-6-8-14(11-13)25(2)18-23-12-16(19(20,21)22)17(24-18)26-15-9-4-3-5-10-15/h6-8,11-12,15H,3-5,9-10H2,1-2H3. The number of aromatic nitrogens is 2. The Bertz CT molecular complexity index is 758. The van der Waals surface area contributed by atoms with Gasteiger partial charge in [0.05, 0.1) is 0 Å². The summed E-state index contributed by atoms with van der Waals surface area (Å²) in [4.78, 5) is 9.69. The zero-order chi connectivity index (χ0) is 18.7. The van der Waals surface area contributed by atoms with Gasteiger partial charge in [0, 0.05) is 18.9 Å². The lowest BCUT2D eigenvalue weighted by atomic mass is 9.98. The molecule has 1 aliphatic carbocycles. The molecule has 0 unspecified atom stereocenters. The van der Waals surface area contributed by atoms with Crippen LogP contribution < -0.4 is 9.64 Å². The fraction of sp³-hybridized carbons (Fsp3) is 0.474.